The standard InChI is InChI=1S/C11H23NO2Si/c1-9-12-10(7-13-9)8-14-15(5,6)11(2,3)4/h10H,7-8H2,1-6H3. The maximum absolute atomic E-state index is 6.08. The quantitative estimate of drug-likeness (QED) is 0.697. The second-order valence-corrected chi connectivity index (χ2v) is 10.5. The molecule has 0 fully saturated rings. The second-order valence-electron chi connectivity index (χ2n) is 5.68. The molecule has 1 atom stereocenters. The van der Waals surface area contributed by atoms with Crippen molar-refractivity contribution >= 4 is 14.2 Å². The van der Waals surface area contributed by atoms with E-state index in [0.717, 1.165) is 5.90 Å². The van der Waals surface area contributed by atoms with E-state index >= 15 is 0 Å². The lowest BCUT2D eigenvalue weighted by Gasteiger charge is -2.36. The first-order chi connectivity index (χ1) is 6.72. The van der Waals surface area contributed by atoms with Crippen LogP contribution in [0.25, 0.3) is 0 Å². The van der Waals surface area contributed by atoms with E-state index < -0.39 is 8.32 Å². The summed E-state index contributed by atoms with van der Waals surface area (Å²) in [4.78, 5) is 4.37. The van der Waals surface area contributed by atoms with Crippen LogP contribution in [0.1, 0.15) is 27.7 Å². The average Bonchev–Trinajstić information content (AvgIpc) is 2.46. The zero-order chi connectivity index (χ0) is 11.7. The van der Waals surface area contributed by atoms with Gasteiger partial charge in [-0.05, 0) is 18.1 Å². The molecule has 0 radical (unpaired) electrons. The number of ether oxygens (including phenoxy) is 1. The molecule has 1 aliphatic heterocycles. The Morgan fingerprint density at radius 2 is 2.07 bits per heavy atom. The van der Waals surface area contributed by atoms with Gasteiger partial charge in [-0.2, -0.15) is 0 Å². The van der Waals surface area contributed by atoms with Gasteiger partial charge in [0.25, 0.3) is 0 Å². The zero-order valence-corrected chi connectivity index (χ0v) is 11.8. The number of rotatable bonds is 3. The van der Waals surface area contributed by atoms with Crippen molar-refractivity contribution in [1.29, 1.82) is 0 Å². The fraction of sp³-hybridized carbons (Fsp3) is 0.909. The molecule has 0 amide bonds. The van der Waals surface area contributed by atoms with E-state index in [9.17, 15) is 0 Å². The smallest absolute Gasteiger partial charge is 0.192 e. The van der Waals surface area contributed by atoms with Crippen molar-refractivity contribution in [3.8, 4) is 0 Å². The molecule has 0 N–H and O–H groups in total. The average molecular weight is 229 g/mol. The highest BCUT2D eigenvalue weighted by molar-refractivity contribution is 6.74. The Bertz CT molecular complexity index is 256. The molecule has 0 spiro atoms. The molecule has 88 valence electrons. The molecular formula is C11H23NO2Si. The van der Waals surface area contributed by atoms with Gasteiger partial charge in [-0.25, -0.2) is 4.99 Å². The zero-order valence-electron chi connectivity index (χ0n) is 10.8. The minimum atomic E-state index is -1.62. The summed E-state index contributed by atoms with van der Waals surface area (Å²) in [6, 6.07) is 0.208. The van der Waals surface area contributed by atoms with Crippen molar-refractivity contribution in [3.63, 3.8) is 0 Å². The fourth-order valence-electron chi connectivity index (χ4n) is 1.15. The monoisotopic (exact) mass is 229 g/mol. The van der Waals surface area contributed by atoms with Crippen LogP contribution < -0.4 is 0 Å². The molecule has 0 aromatic rings. The van der Waals surface area contributed by atoms with Crippen LogP contribution in [0, 0.1) is 0 Å². The van der Waals surface area contributed by atoms with Crippen LogP contribution in [0.3, 0.4) is 0 Å². The minimum Gasteiger partial charge on any atom is -0.479 e. The molecule has 0 bridgehead atoms. The molecule has 0 aliphatic carbocycles. The number of hydrogen-bond donors (Lipinski definition) is 0. The van der Waals surface area contributed by atoms with Crippen LogP contribution in [0.4, 0.5) is 0 Å². The van der Waals surface area contributed by atoms with Crippen molar-refractivity contribution in [3.05, 3.63) is 0 Å². The summed E-state index contributed by atoms with van der Waals surface area (Å²) in [7, 11) is -1.62. The third-order valence-corrected chi connectivity index (χ3v) is 7.79. The summed E-state index contributed by atoms with van der Waals surface area (Å²) in [6.07, 6.45) is 0. The molecule has 15 heavy (non-hydrogen) atoms. The van der Waals surface area contributed by atoms with Crippen LogP contribution in [-0.2, 0) is 9.16 Å². The van der Waals surface area contributed by atoms with Gasteiger partial charge < -0.3 is 9.16 Å². The first-order valence-electron chi connectivity index (χ1n) is 5.53. The van der Waals surface area contributed by atoms with Crippen LogP contribution in [0.2, 0.25) is 18.1 Å². The maximum atomic E-state index is 6.08. The Kier molecular flexibility index (Phi) is 3.61. The lowest BCUT2D eigenvalue weighted by molar-refractivity contribution is 0.227. The highest BCUT2D eigenvalue weighted by Gasteiger charge is 2.37. The third kappa shape index (κ3) is 3.31. The van der Waals surface area contributed by atoms with E-state index in [4.69, 9.17) is 9.16 Å². The summed E-state index contributed by atoms with van der Waals surface area (Å²) < 4.78 is 11.4. The molecule has 1 aliphatic rings. The van der Waals surface area contributed by atoms with Gasteiger partial charge in [0.1, 0.15) is 12.6 Å². The second kappa shape index (κ2) is 4.26. The Morgan fingerprint density at radius 3 is 2.47 bits per heavy atom. The molecule has 3 nitrogen and oxygen atoms in total. The van der Waals surface area contributed by atoms with Gasteiger partial charge >= 0.3 is 0 Å². The predicted molar refractivity (Wildman–Crippen MR) is 66.0 cm³/mol. The normalized spacial score (nSPS) is 22.5. The molecule has 1 unspecified atom stereocenters. The van der Waals surface area contributed by atoms with Gasteiger partial charge in [-0.15, -0.1) is 0 Å². The van der Waals surface area contributed by atoms with Gasteiger partial charge in [0.05, 0.1) is 6.61 Å². The molecule has 1 heterocycles. The number of hydrogen-bond acceptors (Lipinski definition) is 3. The van der Waals surface area contributed by atoms with Crippen molar-refractivity contribution in [2.24, 2.45) is 4.99 Å². The number of nitrogens with zero attached hydrogens (tertiary/aromatic N) is 1. The topological polar surface area (TPSA) is 30.8 Å². The Labute approximate surface area is 94.0 Å². The van der Waals surface area contributed by atoms with E-state index in [0.29, 0.717) is 13.2 Å². The largest absolute Gasteiger partial charge is 0.479 e. The van der Waals surface area contributed by atoms with Gasteiger partial charge in [0.15, 0.2) is 14.2 Å². The SMILES string of the molecule is CC1=NC(CO[Si](C)(C)C(C)(C)C)CO1. The molecular weight excluding hydrogens is 206 g/mol. The van der Waals surface area contributed by atoms with Gasteiger partial charge in [0, 0.05) is 6.92 Å². The molecule has 4 heteroatoms. The van der Waals surface area contributed by atoms with E-state index in [-0.39, 0.29) is 11.1 Å². The summed E-state index contributed by atoms with van der Waals surface area (Å²) in [5, 5.41) is 0.269. The maximum Gasteiger partial charge on any atom is 0.192 e. The lowest BCUT2D eigenvalue weighted by atomic mass is 10.2. The summed E-state index contributed by atoms with van der Waals surface area (Å²) in [5.41, 5.74) is 0. The van der Waals surface area contributed by atoms with E-state index in [1.165, 1.54) is 0 Å². The van der Waals surface area contributed by atoms with Crippen LogP contribution in [0.5, 0.6) is 0 Å². The Hall–Kier alpha value is -0.353. The third-order valence-electron chi connectivity index (χ3n) is 3.29. The number of aliphatic imine (C=N–C) groups is 1. The highest BCUT2D eigenvalue weighted by atomic mass is 28.4. The van der Waals surface area contributed by atoms with E-state index in [1.807, 2.05) is 6.92 Å². The van der Waals surface area contributed by atoms with E-state index in [1.54, 1.807) is 0 Å². The van der Waals surface area contributed by atoms with Gasteiger partial charge in [-0.1, -0.05) is 20.8 Å². The van der Waals surface area contributed by atoms with Gasteiger partial charge in [0.2, 0.25) is 0 Å². The molecule has 0 aromatic carbocycles. The molecule has 0 saturated carbocycles. The highest BCUT2D eigenvalue weighted by Crippen LogP contribution is 2.36. The van der Waals surface area contributed by atoms with Crippen molar-refractivity contribution in [2.75, 3.05) is 13.2 Å². The van der Waals surface area contributed by atoms with Gasteiger partial charge in [-0.3, -0.25) is 0 Å². The fourth-order valence-corrected chi connectivity index (χ4v) is 2.20. The summed E-state index contributed by atoms with van der Waals surface area (Å²) in [5.74, 6) is 0.791. The molecule has 0 saturated heterocycles. The van der Waals surface area contributed by atoms with Crippen LogP contribution in [-0.4, -0.2) is 33.5 Å². The van der Waals surface area contributed by atoms with Crippen molar-refractivity contribution in [2.45, 2.75) is 51.9 Å². The Morgan fingerprint density at radius 1 is 1.47 bits per heavy atom. The predicted octanol–water partition coefficient (Wildman–Crippen LogP) is 2.83. The van der Waals surface area contributed by atoms with Crippen LogP contribution in [0.15, 0.2) is 4.99 Å². The lowest BCUT2D eigenvalue weighted by Crippen LogP contribution is -2.42. The molecule has 1 rings (SSSR count). The first kappa shape index (κ1) is 12.7. The van der Waals surface area contributed by atoms with Crippen molar-refractivity contribution in [1.82, 2.24) is 0 Å². The molecule has 0 aromatic heterocycles. The Balaban J connectivity index is 2.43. The van der Waals surface area contributed by atoms with Crippen molar-refractivity contribution < 1.29 is 9.16 Å². The van der Waals surface area contributed by atoms with E-state index in [2.05, 4.69) is 38.9 Å². The van der Waals surface area contributed by atoms with Crippen LogP contribution >= 0.6 is 0 Å². The minimum absolute atomic E-state index is 0.208. The first-order valence-corrected chi connectivity index (χ1v) is 8.44. The summed E-state index contributed by atoms with van der Waals surface area (Å²) in [6.45, 7) is 14.6. The summed E-state index contributed by atoms with van der Waals surface area (Å²) >= 11 is 0.